The maximum Gasteiger partial charge on any atom is 0.133 e. The fraction of sp³-hybridized carbons (Fsp3) is 0.176. The Bertz CT molecular complexity index is 773. The maximum atomic E-state index is 4.83. The van der Waals surface area contributed by atoms with Crippen LogP contribution >= 0.6 is 0 Å². The van der Waals surface area contributed by atoms with E-state index in [-0.39, 0.29) is 0 Å². The van der Waals surface area contributed by atoms with Gasteiger partial charge in [-0.05, 0) is 37.6 Å². The molecule has 0 radical (unpaired) electrons. The van der Waals surface area contributed by atoms with Crippen LogP contribution in [0.15, 0.2) is 48.8 Å². The lowest BCUT2D eigenvalue weighted by molar-refractivity contribution is 0.882. The van der Waals surface area contributed by atoms with Crippen molar-refractivity contribution < 1.29 is 0 Å². The van der Waals surface area contributed by atoms with Crippen LogP contribution in [0, 0.1) is 6.92 Å². The lowest BCUT2D eigenvalue weighted by Gasteiger charge is -2.06. The van der Waals surface area contributed by atoms with Gasteiger partial charge in [-0.2, -0.15) is 5.10 Å². The van der Waals surface area contributed by atoms with E-state index >= 15 is 0 Å². The van der Waals surface area contributed by atoms with Gasteiger partial charge in [-0.3, -0.25) is 4.98 Å². The van der Waals surface area contributed by atoms with Gasteiger partial charge in [0.05, 0.1) is 11.4 Å². The van der Waals surface area contributed by atoms with Crippen molar-refractivity contribution in [3.05, 3.63) is 59.9 Å². The number of aryl methyl sites for hydroxylation is 1. The largest absolute Gasteiger partial charge is 0.369 e. The molecule has 0 saturated carbocycles. The highest BCUT2D eigenvalue weighted by atomic mass is 15.3. The molecule has 0 saturated heterocycles. The van der Waals surface area contributed by atoms with Crippen molar-refractivity contribution in [1.82, 2.24) is 14.8 Å². The number of fused-ring (bicyclic) bond motifs is 1. The summed E-state index contributed by atoms with van der Waals surface area (Å²) in [7, 11) is 0. The highest BCUT2D eigenvalue weighted by Gasteiger charge is 2.23. The van der Waals surface area contributed by atoms with Crippen molar-refractivity contribution in [2.75, 3.05) is 11.9 Å². The van der Waals surface area contributed by atoms with E-state index in [1.165, 1.54) is 11.1 Å². The molecule has 4 rings (SSSR count). The summed E-state index contributed by atoms with van der Waals surface area (Å²) in [5.41, 5.74) is 5.81. The zero-order valence-electron chi connectivity index (χ0n) is 11.9. The van der Waals surface area contributed by atoms with Gasteiger partial charge in [-0.25, -0.2) is 4.68 Å². The van der Waals surface area contributed by atoms with Gasteiger partial charge in [0, 0.05) is 30.1 Å². The first-order valence-electron chi connectivity index (χ1n) is 7.16. The molecule has 1 aliphatic heterocycles. The summed E-state index contributed by atoms with van der Waals surface area (Å²) in [6, 6.07) is 12.5. The molecule has 0 unspecified atom stereocenters. The predicted molar refractivity (Wildman–Crippen MR) is 83.7 cm³/mol. The molecule has 3 heterocycles. The molecule has 1 aromatic carbocycles. The Morgan fingerprint density at radius 2 is 1.81 bits per heavy atom. The van der Waals surface area contributed by atoms with Crippen LogP contribution in [0.2, 0.25) is 0 Å². The van der Waals surface area contributed by atoms with Crippen LogP contribution < -0.4 is 5.32 Å². The summed E-state index contributed by atoms with van der Waals surface area (Å²) in [5.74, 6) is 1.12. The highest BCUT2D eigenvalue weighted by Crippen LogP contribution is 2.34. The number of benzene rings is 1. The van der Waals surface area contributed by atoms with Crippen molar-refractivity contribution in [3.63, 3.8) is 0 Å². The normalized spacial score (nSPS) is 13.0. The number of aromatic nitrogens is 3. The van der Waals surface area contributed by atoms with Gasteiger partial charge < -0.3 is 5.32 Å². The molecule has 4 nitrogen and oxygen atoms in total. The Balaban J connectivity index is 1.88. The van der Waals surface area contributed by atoms with Crippen molar-refractivity contribution in [2.24, 2.45) is 0 Å². The summed E-state index contributed by atoms with van der Waals surface area (Å²) in [4.78, 5) is 4.09. The van der Waals surface area contributed by atoms with Crippen LogP contribution in [-0.4, -0.2) is 21.3 Å². The molecule has 0 aliphatic carbocycles. The van der Waals surface area contributed by atoms with Gasteiger partial charge >= 0.3 is 0 Å². The van der Waals surface area contributed by atoms with Crippen LogP contribution in [-0.2, 0) is 6.42 Å². The minimum absolute atomic E-state index is 0.969. The fourth-order valence-corrected chi connectivity index (χ4v) is 2.79. The van der Waals surface area contributed by atoms with Crippen LogP contribution in [0.25, 0.3) is 16.9 Å². The van der Waals surface area contributed by atoms with Gasteiger partial charge in [-0.1, -0.05) is 17.7 Å². The van der Waals surface area contributed by atoms with E-state index in [1.807, 2.05) is 29.2 Å². The third-order valence-corrected chi connectivity index (χ3v) is 3.88. The monoisotopic (exact) mass is 276 g/mol. The minimum Gasteiger partial charge on any atom is -0.369 e. The highest BCUT2D eigenvalue weighted by molar-refractivity contribution is 5.72. The predicted octanol–water partition coefficient (Wildman–Crippen LogP) is 3.21. The van der Waals surface area contributed by atoms with E-state index < -0.39 is 0 Å². The zero-order valence-corrected chi connectivity index (χ0v) is 11.9. The second-order valence-electron chi connectivity index (χ2n) is 5.34. The SMILES string of the molecule is Cc1ccc(-n2nc(-c3ccncc3)c3c2NCC3)cc1. The molecule has 0 spiro atoms. The van der Waals surface area contributed by atoms with Crippen molar-refractivity contribution in [2.45, 2.75) is 13.3 Å². The molecule has 0 atom stereocenters. The zero-order chi connectivity index (χ0) is 14.2. The van der Waals surface area contributed by atoms with E-state index in [4.69, 9.17) is 5.10 Å². The molecule has 0 fully saturated rings. The number of hydrogen-bond acceptors (Lipinski definition) is 3. The van der Waals surface area contributed by atoms with Crippen molar-refractivity contribution in [3.8, 4) is 16.9 Å². The van der Waals surface area contributed by atoms with Gasteiger partial charge in [0.25, 0.3) is 0 Å². The summed E-state index contributed by atoms with van der Waals surface area (Å²) < 4.78 is 2.01. The Kier molecular flexibility index (Phi) is 2.74. The molecule has 1 N–H and O–H groups in total. The van der Waals surface area contributed by atoms with E-state index in [0.29, 0.717) is 0 Å². The van der Waals surface area contributed by atoms with Gasteiger partial charge in [0.2, 0.25) is 0 Å². The topological polar surface area (TPSA) is 42.7 Å². The summed E-state index contributed by atoms with van der Waals surface area (Å²) >= 11 is 0. The van der Waals surface area contributed by atoms with E-state index in [2.05, 4.69) is 41.5 Å². The first kappa shape index (κ1) is 12.1. The number of nitrogens with zero attached hydrogens (tertiary/aromatic N) is 3. The molecular formula is C17H16N4. The molecule has 3 aromatic rings. The van der Waals surface area contributed by atoms with Gasteiger partial charge in [-0.15, -0.1) is 0 Å². The van der Waals surface area contributed by atoms with Crippen molar-refractivity contribution >= 4 is 5.82 Å². The fourth-order valence-electron chi connectivity index (χ4n) is 2.79. The number of hydrogen-bond donors (Lipinski definition) is 1. The summed E-state index contributed by atoms with van der Waals surface area (Å²) in [6.45, 7) is 3.06. The van der Waals surface area contributed by atoms with Crippen LogP contribution in [0.4, 0.5) is 5.82 Å². The number of rotatable bonds is 2. The molecule has 21 heavy (non-hydrogen) atoms. The molecular weight excluding hydrogens is 260 g/mol. The number of nitrogens with one attached hydrogen (secondary N) is 1. The minimum atomic E-state index is 0.969. The average molecular weight is 276 g/mol. The summed E-state index contributed by atoms with van der Waals surface area (Å²) in [5, 5.41) is 8.29. The smallest absolute Gasteiger partial charge is 0.133 e. The molecule has 2 aromatic heterocycles. The third-order valence-electron chi connectivity index (χ3n) is 3.88. The Morgan fingerprint density at radius 3 is 2.57 bits per heavy atom. The van der Waals surface area contributed by atoms with E-state index in [1.54, 1.807) is 0 Å². The lowest BCUT2D eigenvalue weighted by Crippen LogP contribution is -2.04. The average Bonchev–Trinajstić information content (AvgIpc) is 3.11. The quantitative estimate of drug-likeness (QED) is 0.781. The van der Waals surface area contributed by atoms with E-state index in [9.17, 15) is 0 Å². The van der Waals surface area contributed by atoms with Crippen molar-refractivity contribution in [1.29, 1.82) is 0 Å². The van der Waals surface area contributed by atoms with Crippen LogP contribution in [0.1, 0.15) is 11.1 Å². The maximum absolute atomic E-state index is 4.83. The first-order chi connectivity index (χ1) is 10.3. The molecule has 0 bridgehead atoms. The third kappa shape index (κ3) is 2.00. The first-order valence-corrected chi connectivity index (χ1v) is 7.16. The van der Waals surface area contributed by atoms with E-state index in [0.717, 1.165) is 35.7 Å². The molecule has 0 amide bonds. The lowest BCUT2D eigenvalue weighted by atomic mass is 10.1. The van der Waals surface area contributed by atoms with Gasteiger partial charge in [0.1, 0.15) is 5.82 Å². The second-order valence-corrected chi connectivity index (χ2v) is 5.34. The molecule has 4 heteroatoms. The number of pyridine rings is 1. The summed E-state index contributed by atoms with van der Waals surface area (Å²) in [6.07, 6.45) is 4.64. The number of anilines is 1. The standard InChI is InChI=1S/C17H16N4/c1-12-2-4-14(5-3-12)21-17-15(8-11-19-17)16(20-21)13-6-9-18-10-7-13/h2-7,9-10,19H,8,11H2,1H3. The van der Waals surface area contributed by atoms with Gasteiger partial charge in [0.15, 0.2) is 0 Å². The Hall–Kier alpha value is -2.62. The second kappa shape index (κ2) is 4.74. The Labute approximate surface area is 123 Å². The van der Waals surface area contributed by atoms with Crippen LogP contribution in [0.3, 0.4) is 0 Å². The molecule has 104 valence electrons. The Morgan fingerprint density at radius 1 is 1.05 bits per heavy atom. The molecule has 1 aliphatic rings. The van der Waals surface area contributed by atoms with Crippen LogP contribution in [0.5, 0.6) is 0 Å².